The molecule has 1 aromatic carbocycles. The molecule has 2 aliphatic rings. The van der Waals surface area contributed by atoms with E-state index >= 15 is 0 Å². The van der Waals surface area contributed by atoms with Crippen LogP contribution in [0.15, 0.2) is 34.9 Å². The van der Waals surface area contributed by atoms with Crippen molar-refractivity contribution in [3.8, 4) is 11.4 Å². The molecule has 0 saturated carbocycles. The largest absolute Gasteiger partial charge is 0.339 e. The zero-order valence-corrected chi connectivity index (χ0v) is 13.6. The van der Waals surface area contributed by atoms with Crippen LogP contribution < -0.4 is 0 Å². The second kappa shape index (κ2) is 5.54. The van der Waals surface area contributed by atoms with Gasteiger partial charge in [-0.2, -0.15) is 10.1 Å². The fourth-order valence-corrected chi connectivity index (χ4v) is 3.55. The van der Waals surface area contributed by atoms with Crippen LogP contribution in [-0.4, -0.2) is 44.2 Å². The van der Waals surface area contributed by atoms with Gasteiger partial charge in [-0.1, -0.05) is 35.5 Å². The van der Waals surface area contributed by atoms with E-state index in [4.69, 9.17) is 4.52 Å². The molecular formula is C18H17N5O2. The third kappa shape index (κ3) is 2.34. The number of benzene rings is 1. The van der Waals surface area contributed by atoms with Crippen LogP contribution >= 0.6 is 0 Å². The quantitative estimate of drug-likeness (QED) is 0.792. The number of fused-ring (bicyclic) bond motifs is 1. The van der Waals surface area contributed by atoms with Crippen molar-refractivity contribution in [2.24, 2.45) is 0 Å². The fraction of sp³-hybridized carbons (Fsp3) is 0.333. The first kappa shape index (κ1) is 14.4. The van der Waals surface area contributed by atoms with Gasteiger partial charge >= 0.3 is 0 Å². The van der Waals surface area contributed by atoms with Crippen LogP contribution in [0.3, 0.4) is 0 Å². The average molecular weight is 335 g/mol. The van der Waals surface area contributed by atoms with Gasteiger partial charge in [0.05, 0.1) is 5.92 Å². The maximum absolute atomic E-state index is 12.6. The Labute approximate surface area is 144 Å². The van der Waals surface area contributed by atoms with E-state index < -0.39 is 0 Å². The van der Waals surface area contributed by atoms with Crippen molar-refractivity contribution in [1.29, 1.82) is 0 Å². The maximum atomic E-state index is 12.6. The maximum Gasteiger partial charge on any atom is 0.274 e. The average Bonchev–Trinajstić information content (AvgIpc) is 3.31. The number of aromatic amines is 1. The Hall–Kier alpha value is -2.96. The monoisotopic (exact) mass is 335 g/mol. The molecule has 7 nitrogen and oxygen atoms in total. The molecular weight excluding hydrogens is 318 g/mol. The molecule has 1 aliphatic heterocycles. The van der Waals surface area contributed by atoms with Crippen molar-refractivity contribution in [2.45, 2.75) is 25.2 Å². The van der Waals surface area contributed by atoms with Gasteiger partial charge in [-0.3, -0.25) is 9.89 Å². The van der Waals surface area contributed by atoms with Gasteiger partial charge in [-0.05, 0) is 19.3 Å². The molecule has 1 N–H and O–H groups in total. The molecule has 5 rings (SSSR count). The molecule has 126 valence electrons. The number of aromatic nitrogens is 4. The summed E-state index contributed by atoms with van der Waals surface area (Å²) in [5.41, 5.74) is 3.72. The third-order valence-corrected chi connectivity index (χ3v) is 5.00. The van der Waals surface area contributed by atoms with E-state index in [2.05, 4.69) is 20.3 Å². The summed E-state index contributed by atoms with van der Waals surface area (Å²) >= 11 is 0. The highest BCUT2D eigenvalue weighted by Crippen LogP contribution is 2.30. The summed E-state index contributed by atoms with van der Waals surface area (Å²) < 4.78 is 5.39. The number of hydrogen-bond acceptors (Lipinski definition) is 5. The summed E-state index contributed by atoms with van der Waals surface area (Å²) in [6.45, 7) is 1.19. The van der Waals surface area contributed by atoms with Gasteiger partial charge in [0, 0.05) is 29.9 Å². The molecule has 0 atom stereocenters. The van der Waals surface area contributed by atoms with Gasteiger partial charge in [0.15, 0.2) is 5.69 Å². The summed E-state index contributed by atoms with van der Waals surface area (Å²) in [6, 6.07) is 9.73. The fourth-order valence-electron chi connectivity index (χ4n) is 3.55. The van der Waals surface area contributed by atoms with Crippen LogP contribution in [0.25, 0.3) is 11.4 Å². The molecule has 25 heavy (non-hydrogen) atoms. The zero-order valence-electron chi connectivity index (χ0n) is 13.6. The van der Waals surface area contributed by atoms with Crippen molar-refractivity contribution in [2.75, 3.05) is 13.1 Å². The Morgan fingerprint density at radius 3 is 2.88 bits per heavy atom. The molecule has 7 heteroatoms. The minimum absolute atomic E-state index is 0.00144. The number of hydrogen-bond donors (Lipinski definition) is 1. The van der Waals surface area contributed by atoms with E-state index in [1.54, 1.807) is 4.90 Å². The molecule has 0 radical (unpaired) electrons. The van der Waals surface area contributed by atoms with Crippen LogP contribution in [0, 0.1) is 0 Å². The Balaban J connectivity index is 1.27. The van der Waals surface area contributed by atoms with Gasteiger partial charge in [0.2, 0.25) is 11.7 Å². The molecule has 1 fully saturated rings. The van der Waals surface area contributed by atoms with Crippen molar-refractivity contribution in [1.82, 2.24) is 25.2 Å². The predicted molar refractivity (Wildman–Crippen MR) is 89.0 cm³/mol. The van der Waals surface area contributed by atoms with Crippen molar-refractivity contribution < 1.29 is 9.32 Å². The number of nitrogens with one attached hydrogen (secondary N) is 1. The first-order valence-electron chi connectivity index (χ1n) is 8.54. The van der Waals surface area contributed by atoms with Crippen LogP contribution in [0.1, 0.15) is 40.0 Å². The van der Waals surface area contributed by atoms with Gasteiger partial charge in [0.25, 0.3) is 5.91 Å². The highest BCUT2D eigenvalue weighted by Gasteiger charge is 2.38. The lowest BCUT2D eigenvalue weighted by molar-refractivity contribution is 0.0562. The van der Waals surface area contributed by atoms with Gasteiger partial charge < -0.3 is 9.42 Å². The van der Waals surface area contributed by atoms with Crippen molar-refractivity contribution >= 4 is 5.91 Å². The van der Waals surface area contributed by atoms with Gasteiger partial charge in [-0.15, -0.1) is 0 Å². The Morgan fingerprint density at radius 1 is 1.20 bits per heavy atom. The number of aryl methyl sites for hydroxylation is 1. The number of carbonyl (C=O) groups excluding carboxylic acids is 1. The number of H-pyrrole nitrogens is 1. The zero-order chi connectivity index (χ0) is 16.8. The number of rotatable bonds is 3. The first-order chi connectivity index (χ1) is 12.3. The third-order valence-electron chi connectivity index (χ3n) is 5.00. The predicted octanol–water partition coefficient (Wildman–Crippen LogP) is 2.19. The number of amides is 1. The lowest BCUT2D eigenvalue weighted by atomic mass is 9.99. The summed E-state index contributed by atoms with van der Waals surface area (Å²) in [5.74, 6) is 1.28. The second-order valence-electron chi connectivity index (χ2n) is 6.61. The van der Waals surface area contributed by atoms with E-state index in [0.29, 0.717) is 30.5 Å². The second-order valence-corrected chi connectivity index (χ2v) is 6.61. The minimum Gasteiger partial charge on any atom is -0.339 e. The van der Waals surface area contributed by atoms with E-state index in [-0.39, 0.29) is 11.8 Å². The summed E-state index contributed by atoms with van der Waals surface area (Å²) in [7, 11) is 0. The molecule has 1 aliphatic carbocycles. The standard InChI is InChI=1S/C18H17N5O2/c24-18(15-13-7-4-8-14(13)20-21-15)23-9-12(10-23)17-19-16(22-25-17)11-5-2-1-3-6-11/h1-3,5-6,12H,4,7-10H2,(H,20,21). The van der Waals surface area contributed by atoms with E-state index in [1.165, 1.54) is 0 Å². The SMILES string of the molecule is O=C(c1n[nH]c2c1CCC2)N1CC(c2nc(-c3ccccc3)no2)C1. The summed E-state index contributed by atoms with van der Waals surface area (Å²) in [4.78, 5) is 18.9. The van der Waals surface area contributed by atoms with Crippen LogP contribution in [0.2, 0.25) is 0 Å². The van der Waals surface area contributed by atoms with E-state index in [0.717, 1.165) is 36.1 Å². The van der Waals surface area contributed by atoms with Gasteiger partial charge in [0.1, 0.15) is 0 Å². The molecule has 0 spiro atoms. The number of likely N-dealkylation sites (tertiary alicyclic amines) is 1. The number of carbonyl (C=O) groups is 1. The highest BCUT2D eigenvalue weighted by molar-refractivity contribution is 5.94. The van der Waals surface area contributed by atoms with Gasteiger partial charge in [-0.25, -0.2) is 0 Å². The molecule has 0 bridgehead atoms. The topological polar surface area (TPSA) is 87.9 Å². The van der Waals surface area contributed by atoms with Crippen LogP contribution in [0.5, 0.6) is 0 Å². The smallest absolute Gasteiger partial charge is 0.274 e. The molecule has 1 amide bonds. The molecule has 3 heterocycles. The summed E-state index contributed by atoms with van der Waals surface area (Å²) in [6.07, 6.45) is 3.02. The van der Waals surface area contributed by atoms with E-state index in [1.807, 2.05) is 30.3 Å². The molecule has 0 unspecified atom stereocenters. The Morgan fingerprint density at radius 2 is 2.04 bits per heavy atom. The van der Waals surface area contributed by atoms with E-state index in [9.17, 15) is 4.79 Å². The lowest BCUT2D eigenvalue weighted by Gasteiger charge is -2.36. The molecule has 2 aromatic heterocycles. The van der Waals surface area contributed by atoms with Crippen LogP contribution in [-0.2, 0) is 12.8 Å². The van der Waals surface area contributed by atoms with Crippen molar-refractivity contribution in [3.63, 3.8) is 0 Å². The first-order valence-corrected chi connectivity index (χ1v) is 8.54. The van der Waals surface area contributed by atoms with Crippen LogP contribution in [0.4, 0.5) is 0 Å². The van der Waals surface area contributed by atoms with Crippen molar-refractivity contribution in [3.05, 3.63) is 53.2 Å². The Bertz CT molecular complexity index is 924. The lowest BCUT2D eigenvalue weighted by Crippen LogP contribution is -2.48. The highest BCUT2D eigenvalue weighted by atomic mass is 16.5. The summed E-state index contributed by atoms with van der Waals surface area (Å²) in [5, 5.41) is 11.3. The normalized spacial score (nSPS) is 16.7. The molecule has 1 saturated heterocycles. The Kier molecular flexibility index (Phi) is 3.19. The molecule has 3 aromatic rings. The number of nitrogens with zero attached hydrogens (tertiary/aromatic N) is 4. The minimum atomic E-state index is -0.00144.